The summed E-state index contributed by atoms with van der Waals surface area (Å²) in [4.78, 5) is 53.4. The lowest BCUT2D eigenvalue weighted by molar-refractivity contribution is -0.143. The summed E-state index contributed by atoms with van der Waals surface area (Å²) in [6, 6.07) is 9.24. The number of carbonyl (C=O) groups excluding carboxylic acids is 3. The minimum Gasteiger partial charge on any atom is -0.481 e. The monoisotopic (exact) mass is 387 g/mol. The molecule has 2 saturated heterocycles. The Bertz CT molecular complexity index is 771. The van der Waals surface area contributed by atoms with Gasteiger partial charge >= 0.3 is 12.0 Å². The molecule has 3 rings (SSSR count). The van der Waals surface area contributed by atoms with Crippen LogP contribution in [0.3, 0.4) is 0 Å². The van der Waals surface area contributed by atoms with Crippen molar-refractivity contribution in [2.24, 2.45) is 0 Å². The summed E-state index contributed by atoms with van der Waals surface area (Å²) in [6.07, 6.45) is 0.463. The summed E-state index contributed by atoms with van der Waals surface area (Å²) in [5.74, 6) is -1.43. The Labute approximate surface area is 163 Å². The van der Waals surface area contributed by atoms with Crippen LogP contribution in [0.1, 0.15) is 38.2 Å². The van der Waals surface area contributed by atoms with Crippen molar-refractivity contribution in [3.63, 3.8) is 0 Å². The molecule has 8 heteroatoms. The summed E-state index contributed by atoms with van der Waals surface area (Å²) < 4.78 is 0. The molecule has 0 aliphatic carbocycles. The van der Waals surface area contributed by atoms with Crippen molar-refractivity contribution < 1.29 is 24.3 Å². The van der Waals surface area contributed by atoms with E-state index in [0.717, 1.165) is 5.56 Å². The molecule has 1 N–H and O–H groups in total. The van der Waals surface area contributed by atoms with Crippen LogP contribution in [0, 0.1) is 0 Å². The fourth-order valence-electron chi connectivity index (χ4n) is 4.03. The van der Waals surface area contributed by atoms with Crippen LogP contribution in [0.4, 0.5) is 4.79 Å². The maximum atomic E-state index is 13.1. The van der Waals surface area contributed by atoms with E-state index in [0.29, 0.717) is 39.0 Å². The lowest BCUT2D eigenvalue weighted by atomic mass is 9.85. The highest BCUT2D eigenvalue weighted by molar-refractivity contribution is 6.07. The first kappa shape index (κ1) is 19.9. The lowest BCUT2D eigenvalue weighted by Crippen LogP contribution is -2.57. The van der Waals surface area contributed by atoms with Gasteiger partial charge in [0.2, 0.25) is 5.91 Å². The third-order valence-electron chi connectivity index (χ3n) is 5.62. The van der Waals surface area contributed by atoms with Gasteiger partial charge in [-0.15, -0.1) is 0 Å². The maximum absolute atomic E-state index is 13.1. The third-order valence-corrected chi connectivity index (χ3v) is 5.62. The topological polar surface area (TPSA) is 98.2 Å². The van der Waals surface area contributed by atoms with Crippen molar-refractivity contribution in [3.05, 3.63) is 35.9 Å². The molecule has 1 aromatic carbocycles. The predicted molar refractivity (Wildman–Crippen MR) is 100 cm³/mol. The molecule has 0 radical (unpaired) electrons. The molecular weight excluding hydrogens is 362 g/mol. The number of carboxylic acid groups (broad SMARTS) is 1. The highest BCUT2D eigenvalue weighted by Gasteiger charge is 2.57. The van der Waals surface area contributed by atoms with E-state index >= 15 is 0 Å². The van der Waals surface area contributed by atoms with Crippen molar-refractivity contribution in [2.45, 2.75) is 44.7 Å². The van der Waals surface area contributed by atoms with Gasteiger partial charge in [0, 0.05) is 32.6 Å². The van der Waals surface area contributed by atoms with Gasteiger partial charge in [0.1, 0.15) is 5.54 Å². The number of imide groups is 1. The van der Waals surface area contributed by atoms with E-state index in [-0.39, 0.29) is 30.7 Å². The number of carboxylic acids is 1. The first-order valence-electron chi connectivity index (χ1n) is 9.56. The van der Waals surface area contributed by atoms with E-state index in [1.165, 1.54) is 4.90 Å². The van der Waals surface area contributed by atoms with Gasteiger partial charge in [0.05, 0.1) is 6.42 Å². The minimum absolute atomic E-state index is 0.0516. The summed E-state index contributed by atoms with van der Waals surface area (Å²) in [5, 5.41) is 8.76. The Balaban J connectivity index is 1.77. The number of aliphatic carboxylic acids is 1. The molecule has 0 saturated carbocycles. The zero-order chi connectivity index (χ0) is 20.3. The molecule has 28 heavy (non-hydrogen) atoms. The van der Waals surface area contributed by atoms with E-state index < -0.39 is 11.5 Å². The SMILES string of the molecule is CCN1C(=O)N(Cc2ccccc2)C2(CCN(C(=O)CCC(=O)O)CC2)C1=O. The fourth-order valence-corrected chi connectivity index (χ4v) is 4.03. The van der Waals surface area contributed by atoms with Gasteiger partial charge in [-0.1, -0.05) is 30.3 Å². The van der Waals surface area contributed by atoms with Crippen LogP contribution in [-0.4, -0.2) is 68.8 Å². The number of hydrogen-bond acceptors (Lipinski definition) is 4. The predicted octanol–water partition coefficient (Wildman–Crippen LogP) is 1.70. The number of amides is 4. The van der Waals surface area contributed by atoms with Crippen molar-refractivity contribution in [2.75, 3.05) is 19.6 Å². The van der Waals surface area contributed by atoms with Gasteiger partial charge in [-0.05, 0) is 25.3 Å². The molecule has 2 heterocycles. The Hall–Kier alpha value is -2.90. The Morgan fingerprint density at radius 3 is 2.29 bits per heavy atom. The molecule has 1 spiro atoms. The number of piperidine rings is 1. The van der Waals surface area contributed by atoms with E-state index in [1.807, 2.05) is 30.3 Å². The highest BCUT2D eigenvalue weighted by Crippen LogP contribution is 2.38. The first-order chi connectivity index (χ1) is 13.4. The van der Waals surface area contributed by atoms with E-state index in [1.54, 1.807) is 16.7 Å². The number of urea groups is 1. The highest BCUT2D eigenvalue weighted by atomic mass is 16.4. The van der Waals surface area contributed by atoms with Crippen LogP contribution in [0.5, 0.6) is 0 Å². The fraction of sp³-hybridized carbons (Fsp3) is 0.500. The molecule has 0 bridgehead atoms. The van der Waals surface area contributed by atoms with Gasteiger partial charge in [0.15, 0.2) is 0 Å². The number of likely N-dealkylation sites (N-methyl/N-ethyl adjacent to an activating group) is 1. The second kappa shape index (κ2) is 8.00. The quantitative estimate of drug-likeness (QED) is 0.749. The Morgan fingerprint density at radius 1 is 1.07 bits per heavy atom. The number of hydrogen-bond donors (Lipinski definition) is 1. The van der Waals surface area contributed by atoms with Gasteiger partial charge < -0.3 is 14.9 Å². The van der Waals surface area contributed by atoms with E-state index in [9.17, 15) is 19.2 Å². The smallest absolute Gasteiger partial charge is 0.327 e. The summed E-state index contributed by atoms with van der Waals surface area (Å²) in [7, 11) is 0. The van der Waals surface area contributed by atoms with Gasteiger partial charge in [-0.3, -0.25) is 19.3 Å². The zero-order valence-electron chi connectivity index (χ0n) is 16.0. The van der Waals surface area contributed by atoms with Gasteiger partial charge in [-0.25, -0.2) is 4.79 Å². The molecule has 0 atom stereocenters. The van der Waals surface area contributed by atoms with Crippen LogP contribution in [0.2, 0.25) is 0 Å². The second-order valence-corrected chi connectivity index (χ2v) is 7.21. The molecule has 150 valence electrons. The lowest BCUT2D eigenvalue weighted by Gasteiger charge is -2.42. The number of likely N-dealkylation sites (tertiary alicyclic amines) is 1. The van der Waals surface area contributed by atoms with Crippen molar-refractivity contribution >= 4 is 23.8 Å². The van der Waals surface area contributed by atoms with Crippen LogP contribution >= 0.6 is 0 Å². The van der Waals surface area contributed by atoms with E-state index in [2.05, 4.69) is 0 Å². The van der Waals surface area contributed by atoms with Crippen LogP contribution in [-0.2, 0) is 20.9 Å². The normalized spacial score (nSPS) is 18.8. The number of carbonyl (C=O) groups is 4. The minimum atomic E-state index is -1.01. The van der Waals surface area contributed by atoms with Gasteiger partial charge in [-0.2, -0.15) is 0 Å². The summed E-state index contributed by atoms with van der Waals surface area (Å²) in [6.45, 7) is 3.10. The molecular formula is C20H25N3O5. The Morgan fingerprint density at radius 2 is 1.71 bits per heavy atom. The van der Waals surface area contributed by atoms with Crippen LogP contribution in [0.15, 0.2) is 30.3 Å². The van der Waals surface area contributed by atoms with Crippen molar-refractivity contribution in [1.29, 1.82) is 0 Å². The molecule has 1 aromatic rings. The summed E-state index contributed by atoms with van der Waals surface area (Å²) in [5.41, 5.74) is 0.00733. The zero-order valence-corrected chi connectivity index (χ0v) is 16.0. The average molecular weight is 387 g/mol. The first-order valence-corrected chi connectivity index (χ1v) is 9.56. The summed E-state index contributed by atoms with van der Waals surface area (Å²) >= 11 is 0. The average Bonchev–Trinajstić information content (AvgIpc) is 2.88. The molecule has 2 aliphatic heterocycles. The van der Waals surface area contributed by atoms with Crippen molar-refractivity contribution in [3.8, 4) is 0 Å². The maximum Gasteiger partial charge on any atom is 0.327 e. The molecule has 2 aliphatic rings. The number of rotatable bonds is 6. The third kappa shape index (κ3) is 3.58. The molecule has 2 fully saturated rings. The Kier molecular flexibility index (Phi) is 5.67. The van der Waals surface area contributed by atoms with E-state index in [4.69, 9.17) is 5.11 Å². The molecule has 0 unspecified atom stereocenters. The largest absolute Gasteiger partial charge is 0.481 e. The second-order valence-electron chi connectivity index (χ2n) is 7.21. The number of nitrogens with zero attached hydrogens (tertiary/aromatic N) is 3. The molecule has 0 aromatic heterocycles. The van der Waals surface area contributed by atoms with Gasteiger partial charge in [0.25, 0.3) is 5.91 Å². The molecule has 8 nitrogen and oxygen atoms in total. The van der Waals surface area contributed by atoms with Crippen LogP contribution < -0.4 is 0 Å². The van der Waals surface area contributed by atoms with Crippen molar-refractivity contribution in [1.82, 2.24) is 14.7 Å². The number of benzene rings is 1. The standard InChI is InChI=1S/C20H25N3O5/c1-2-22-18(27)20(23(19(22)28)14-15-6-4-3-5-7-15)10-12-21(13-11-20)16(24)8-9-17(25)26/h3-7H,2,8-14H2,1H3,(H,25,26). The molecule has 4 amide bonds. The van der Waals surface area contributed by atoms with Crippen LogP contribution in [0.25, 0.3) is 0 Å².